The zero-order chi connectivity index (χ0) is 20.3. The highest BCUT2D eigenvalue weighted by molar-refractivity contribution is 5.98. The maximum atomic E-state index is 13.6. The molecular weight excluding hydrogens is 370 g/mol. The fraction of sp³-hybridized carbons (Fsp3) is 0.385. The van der Waals surface area contributed by atoms with Crippen LogP contribution in [0.5, 0.6) is 0 Å². The van der Waals surface area contributed by atoms with E-state index in [-0.39, 0.29) is 11.9 Å². The van der Waals surface area contributed by atoms with Crippen LogP contribution in [-0.4, -0.2) is 40.5 Å². The number of rotatable bonds is 3. The van der Waals surface area contributed by atoms with Gasteiger partial charge in [-0.25, -0.2) is 0 Å². The van der Waals surface area contributed by atoms with Crippen LogP contribution in [0.4, 0.5) is 0 Å². The molecule has 4 nitrogen and oxygen atoms in total. The molecule has 30 heavy (non-hydrogen) atoms. The Morgan fingerprint density at radius 2 is 1.93 bits per heavy atom. The van der Waals surface area contributed by atoms with E-state index in [9.17, 15) is 4.79 Å². The largest absolute Gasteiger partial charge is 0.334 e. The van der Waals surface area contributed by atoms with E-state index in [1.54, 1.807) is 6.20 Å². The molecule has 0 saturated carbocycles. The molecule has 5 rings (SSSR count). The molecule has 1 N–H and O–H groups in total. The first-order chi connectivity index (χ1) is 14.8. The van der Waals surface area contributed by atoms with Gasteiger partial charge in [0.25, 0.3) is 5.91 Å². The third-order valence-electron chi connectivity index (χ3n) is 6.69. The van der Waals surface area contributed by atoms with Gasteiger partial charge in [-0.05, 0) is 55.5 Å². The van der Waals surface area contributed by atoms with Crippen LogP contribution in [0.1, 0.15) is 48.0 Å². The lowest BCUT2D eigenvalue weighted by atomic mass is 9.95. The summed E-state index contributed by atoms with van der Waals surface area (Å²) >= 11 is 0. The Balaban J connectivity index is 1.38. The van der Waals surface area contributed by atoms with Crippen LogP contribution in [0.25, 0.3) is 10.9 Å². The predicted octanol–water partition coefficient (Wildman–Crippen LogP) is 4.59. The number of carbonyl (C=O) groups is 1. The third kappa shape index (κ3) is 3.97. The maximum absolute atomic E-state index is 13.6. The molecule has 0 radical (unpaired) electrons. The second-order valence-corrected chi connectivity index (χ2v) is 8.72. The average Bonchev–Trinajstić information content (AvgIpc) is 3.15. The summed E-state index contributed by atoms with van der Waals surface area (Å²) in [5.41, 5.74) is 3.08. The highest BCUT2D eigenvalue weighted by atomic mass is 16.2. The van der Waals surface area contributed by atoms with Crippen molar-refractivity contribution in [3.05, 3.63) is 78.0 Å². The van der Waals surface area contributed by atoms with Gasteiger partial charge in [0.2, 0.25) is 0 Å². The summed E-state index contributed by atoms with van der Waals surface area (Å²) in [6.45, 7) is 0.852. The van der Waals surface area contributed by atoms with Crippen LogP contribution >= 0.6 is 0 Å². The van der Waals surface area contributed by atoms with E-state index in [2.05, 4.69) is 45.5 Å². The topological polar surface area (TPSA) is 45.2 Å². The summed E-state index contributed by atoms with van der Waals surface area (Å²) in [5.74, 6) is 0.166. The van der Waals surface area contributed by atoms with E-state index in [0.29, 0.717) is 12.1 Å². The Kier molecular flexibility index (Phi) is 5.50. The Morgan fingerprint density at radius 1 is 1.03 bits per heavy atom. The second kappa shape index (κ2) is 8.57. The number of amides is 1. The fourth-order valence-corrected chi connectivity index (χ4v) is 5.21. The van der Waals surface area contributed by atoms with Gasteiger partial charge < -0.3 is 10.2 Å². The van der Waals surface area contributed by atoms with Crippen LogP contribution in [0.2, 0.25) is 0 Å². The van der Waals surface area contributed by atoms with Crippen molar-refractivity contribution in [1.82, 2.24) is 15.2 Å². The number of fused-ring (bicyclic) bond motifs is 2. The van der Waals surface area contributed by atoms with Crippen molar-refractivity contribution in [2.45, 2.75) is 56.7 Å². The number of hydrogen-bond donors (Lipinski definition) is 1. The average molecular weight is 400 g/mol. The number of hydrogen-bond acceptors (Lipinski definition) is 3. The zero-order valence-corrected chi connectivity index (χ0v) is 17.3. The standard InChI is InChI=1S/C26H29N3O/c30-26(21-12-13-23-20(17-21)10-7-14-27-23)29-15-6-2-5-11-24-25(29)18-22(28-24)16-19-8-3-1-4-9-19/h1,3-4,7-10,12-14,17,22,24-25,28H,2,5-6,11,15-16,18H2/t22-,24-,25+/m1/s1. The normalized spacial score (nSPS) is 24.3. The third-order valence-corrected chi connectivity index (χ3v) is 6.69. The quantitative estimate of drug-likeness (QED) is 0.700. The van der Waals surface area contributed by atoms with Crippen LogP contribution in [0.3, 0.4) is 0 Å². The van der Waals surface area contributed by atoms with E-state index >= 15 is 0 Å². The molecule has 3 heterocycles. The molecular formula is C26H29N3O. The Labute approximate surface area is 178 Å². The summed E-state index contributed by atoms with van der Waals surface area (Å²) < 4.78 is 0. The molecule has 0 bridgehead atoms. The van der Waals surface area contributed by atoms with Gasteiger partial charge in [0.1, 0.15) is 0 Å². The maximum Gasteiger partial charge on any atom is 0.254 e. The number of nitrogens with zero attached hydrogens (tertiary/aromatic N) is 2. The van der Waals surface area contributed by atoms with Gasteiger partial charge in [0.05, 0.1) is 5.52 Å². The first-order valence-electron chi connectivity index (χ1n) is 11.2. The minimum Gasteiger partial charge on any atom is -0.334 e. The van der Waals surface area contributed by atoms with Crippen molar-refractivity contribution < 1.29 is 4.79 Å². The minimum absolute atomic E-state index is 0.166. The molecule has 154 valence electrons. The van der Waals surface area contributed by atoms with Gasteiger partial charge in [-0.15, -0.1) is 0 Å². The number of nitrogens with one attached hydrogen (secondary N) is 1. The SMILES string of the molecule is O=C(c1ccc2ncccc2c1)N1CCCCC[C@H]2N[C@H](Cc3ccccc3)C[C@@H]21. The number of benzene rings is 2. The predicted molar refractivity (Wildman–Crippen MR) is 121 cm³/mol. The molecule has 2 saturated heterocycles. The molecule has 1 amide bonds. The number of carbonyl (C=O) groups excluding carboxylic acids is 1. The molecule has 3 aromatic rings. The van der Waals surface area contributed by atoms with Gasteiger partial charge in [0.15, 0.2) is 0 Å². The van der Waals surface area contributed by atoms with Gasteiger partial charge in [-0.3, -0.25) is 9.78 Å². The highest BCUT2D eigenvalue weighted by Crippen LogP contribution is 2.29. The first kappa shape index (κ1) is 19.3. The Bertz CT molecular complexity index is 1020. The van der Waals surface area contributed by atoms with Crippen molar-refractivity contribution in [2.75, 3.05) is 6.54 Å². The van der Waals surface area contributed by atoms with E-state index < -0.39 is 0 Å². The molecule has 2 aliphatic heterocycles. The molecule has 2 fully saturated rings. The smallest absolute Gasteiger partial charge is 0.254 e. The molecule has 0 unspecified atom stereocenters. The lowest BCUT2D eigenvalue weighted by molar-refractivity contribution is 0.0639. The van der Waals surface area contributed by atoms with E-state index in [0.717, 1.165) is 48.7 Å². The van der Waals surface area contributed by atoms with Crippen molar-refractivity contribution in [3.8, 4) is 0 Å². The second-order valence-electron chi connectivity index (χ2n) is 8.72. The summed E-state index contributed by atoms with van der Waals surface area (Å²) in [4.78, 5) is 20.1. The highest BCUT2D eigenvalue weighted by Gasteiger charge is 2.39. The van der Waals surface area contributed by atoms with Crippen molar-refractivity contribution in [2.24, 2.45) is 0 Å². The number of pyridine rings is 1. The molecule has 0 aliphatic carbocycles. The fourth-order valence-electron chi connectivity index (χ4n) is 5.21. The first-order valence-corrected chi connectivity index (χ1v) is 11.2. The lowest BCUT2D eigenvalue weighted by Gasteiger charge is -2.35. The number of aromatic nitrogens is 1. The van der Waals surface area contributed by atoms with Gasteiger partial charge >= 0.3 is 0 Å². The minimum atomic E-state index is 0.166. The van der Waals surface area contributed by atoms with Crippen LogP contribution in [0, 0.1) is 0 Å². The van der Waals surface area contributed by atoms with Crippen LogP contribution < -0.4 is 5.32 Å². The van der Waals surface area contributed by atoms with Gasteiger partial charge in [0, 0.05) is 41.8 Å². The van der Waals surface area contributed by atoms with Gasteiger partial charge in [-0.1, -0.05) is 49.2 Å². The van der Waals surface area contributed by atoms with Crippen molar-refractivity contribution in [1.29, 1.82) is 0 Å². The Morgan fingerprint density at radius 3 is 2.83 bits per heavy atom. The summed E-state index contributed by atoms with van der Waals surface area (Å²) in [5, 5.41) is 4.90. The van der Waals surface area contributed by atoms with Crippen molar-refractivity contribution >= 4 is 16.8 Å². The molecule has 2 aliphatic rings. The van der Waals surface area contributed by atoms with Crippen LogP contribution in [0.15, 0.2) is 66.9 Å². The molecule has 4 heteroatoms. The van der Waals surface area contributed by atoms with E-state index in [1.807, 2.05) is 30.3 Å². The van der Waals surface area contributed by atoms with E-state index in [1.165, 1.54) is 18.4 Å². The van der Waals surface area contributed by atoms with Crippen molar-refractivity contribution in [3.63, 3.8) is 0 Å². The summed E-state index contributed by atoms with van der Waals surface area (Å²) in [6.07, 6.45) is 8.53. The summed E-state index contributed by atoms with van der Waals surface area (Å²) in [6, 6.07) is 21.7. The summed E-state index contributed by atoms with van der Waals surface area (Å²) in [7, 11) is 0. The zero-order valence-electron chi connectivity index (χ0n) is 17.3. The molecule has 0 spiro atoms. The molecule has 2 aromatic carbocycles. The lowest BCUT2D eigenvalue weighted by Crippen LogP contribution is -2.48. The molecule has 1 aromatic heterocycles. The van der Waals surface area contributed by atoms with E-state index in [4.69, 9.17) is 0 Å². The monoisotopic (exact) mass is 399 g/mol. The number of likely N-dealkylation sites (tertiary alicyclic amines) is 1. The van der Waals surface area contributed by atoms with Gasteiger partial charge in [-0.2, -0.15) is 0 Å². The van der Waals surface area contributed by atoms with Crippen LogP contribution in [-0.2, 0) is 6.42 Å². The molecule has 3 atom stereocenters. The Hall–Kier alpha value is -2.72.